The first kappa shape index (κ1) is 53.3. The van der Waals surface area contributed by atoms with Gasteiger partial charge in [0, 0.05) is 0 Å². The summed E-state index contributed by atoms with van der Waals surface area (Å²) in [5, 5.41) is 33.3. The molecule has 0 fully saturated rings. The Bertz CT molecular complexity index is 896. The van der Waals surface area contributed by atoms with Crippen LogP contribution in [0.2, 0.25) is 0 Å². The van der Waals surface area contributed by atoms with Gasteiger partial charge in [-0.3, -0.25) is 4.79 Å². The van der Waals surface area contributed by atoms with E-state index in [0.29, 0.717) is 6.42 Å². The minimum absolute atomic E-state index is 0.00440. The molecule has 0 bridgehead atoms. The van der Waals surface area contributed by atoms with E-state index < -0.39 is 18.2 Å². The van der Waals surface area contributed by atoms with Crippen molar-refractivity contribution in [1.29, 1.82) is 0 Å². The summed E-state index contributed by atoms with van der Waals surface area (Å²) in [5.41, 5.74) is 0. The van der Waals surface area contributed by atoms with E-state index in [1.807, 2.05) is 6.08 Å². The Labute approximate surface area is 342 Å². The Kier molecular flexibility index (Phi) is 43.6. The maximum absolute atomic E-state index is 12.5. The van der Waals surface area contributed by atoms with Gasteiger partial charge in [-0.1, -0.05) is 223 Å². The second-order valence-electron chi connectivity index (χ2n) is 16.3. The topological polar surface area (TPSA) is 89.8 Å². The van der Waals surface area contributed by atoms with E-state index >= 15 is 0 Å². The zero-order valence-electron chi connectivity index (χ0n) is 36.6. The lowest BCUT2D eigenvalue weighted by atomic mass is 10.0. The second-order valence-corrected chi connectivity index (χ2v) is 16.3. The highest BCUT2D eigenvalue weighted by Gasteiger charge is 2.20. The van der Waals surface area contributed by atoms with Crippen LogP contribution >= 0.6 is 0 Å². The molecule has 0 aliphatic heterocycles. The van der Waals surface area contributed by atoms with Crippen LogP contribution in [0.15, 0.2) is 48.6 Å². The van der Waals surface area contributed by atoms with E-state index in [0.717, 1.165) is 44.9 Å². The first-order valence-electron chi connectivity index (χ1n) is 23.9. The first-order valence-corrected chi connectivity index (χ1v) is 23.9. The number of allylic oxidation sites excluding steroid dienone is 7. The average molecular weight is 772 g/mol. The molecule has 0 radical (unpaired) electrons. The predicted octanol–water partition coefficient (Wildman–Crippen LogP) is 14.1. The maximum Gasteiger partial charge on any atom is 0.222 e. The van der Waals surface area contributed by atoms with Crippen molar-refractivity contribution in [2.24, 2.45) is 0 Å². The van der Waals surface area contributed by atoms with E-state index in [2.05, 4.69) is 55.6 Å². The van der Waals surface area contributed by atoms with Gasteiger partial charge in [0.2, 0.25) is 5.91 Å². The fourth-order valence-electron chi connectivity index (χ4n) is 7.22. The van der Waals surface area contributed by atoms with Crippen LogP contribution in [0.5, 0.6) is 0 Å². The lowest BCUT2D eigenvalue weighted by Gasteiger charge is -2.21. The maximum atomic E-state index is 12.5. The first-order chi connectivity index (χ1) is 27.0. The van der Waals surface area contributed by atoms with Gasteiger partial charge in [0.15, 0.2) is 0 Å². The number of aliphatic hydroxyl groups excluding tert-OH is 3. The number of amides is 1. The number of rotatable bonds is 43. The van der Waals surface area contributed by atoms with E-state index in [1.165, 1.54) is 167 Å². The smallest absolute Gasteiger partial charge is 0.222 e. The normalized spacial score (nSPS) is 13.9. The Morgan fingerprint density at radius 1 is 0.491 bits per heavy atom. The molecule has 0 aromatic carbocycles. The molecule has 0 aromatic heterocycles. The van der Waals surface area contributed by atoms with Crippen molar-refractivity contribution >= 4 is 5.91 Å². The summed E-state index contributed by atoms with van der Waals surface area (Å²) in [4.78, 5) is 12.5. The van der Waals surface area contributed by atoms with E-state index in [4.69, 9.17) is 0 Å². The fraction of sp³-hybridized carbons (Fsp3) is 0.820. The lowest BCUT2D eigenvalue weighted by molar-refractivity contribution is -0.124. The van der Waals surface area contributed by atoms with Gasteiger partial charge in [-0.2, -0.15) is 0 Å². The predicted molar refractivity (Wildman–Crippen MR) is 241 cm³/mol. The third kappa shape index (κ3) is 41.8. The van der Waals surface area contributed by atoms with Gasteiger partial charge in [0.05, 0.1) is 31.3 Å². The van der Waals surface area contributed by atoms with Gasteiger partial charge in [-0.25, -0.2) is 0 Å². The van der Waals surface area contributed by atoms with Crippen molar-refractivity contribution in [1.82, 2.24) is 5.32 Å². The third-order valence-corrected chi connectivity index (χ3v) is 10.8. The Morgan fingerprint density at radius 2 is 0.891 bits per heavy atom. The molecule has 0 aliphatic rings. The molecule has 1 amide bonds. The number of unbranched alkanes of at least 4 members (excludes halogenated alkanes) is 28. The van der Waals surface area contributed by atoms with Crippen LogP contribution < -0.4 is 5.32 Å². The Morgan fingerprint density at radius 3 is 1.36 bits per heavy atom. The minimum Gasteiger partial charge on any atom is -0.394 e. The van der Waals surface area contributed by atoms with Crippen LogP contribution in [0.25, 0.3) is 0 Å². The van der Waals surface area contributed by atoms with Gasteiger partial charge >= 0.3 is 0 Å². The number of carbonyl (C=O) groups is 1. The molecule has 3 unspecified atom stereocenters. The van der Waals surface area contributed by atoms with Crippen LogP contribution in [0, 0.1) is 0 Å². The van der Waals surface area contributed by atoms with Crippen molar-refractivity contribution in [3.05, 3.63) is 48.6 Å². The zero-order chi connectivity index (χ0) is 40.1. The molecule has 0 saturated carbocycles. The minimum atomic E-state index is -0.953. The number of carbonyl (C=O) groups excluding carboxylic acids is 1. The van der Waals surface area contributed by atoms with E-state index in [9.17, 15) is 20.1 Å². The molecule has 5 nitrogen and oxygen atoms in total. The van der Waals surface area contributed by atoms with Crippen molar-refractivity contribution in [2.45, 2.75) is 257 Å². The van der Waals surface area contributed by atoms with Crippen LogP contribution in [0.3, 0.4) is 0 Å². The number of nitrogens with one attached hydrogen (secondary N) is 1. The van der Waals surface area contributed by atoms with Gasteiger partial charge in [-0.15, -0.1) is 0 Å². The molecule has 322 valence electrons. The van der Waals surface area contributed by atoms with Crippen LogP contribution in [0.1, 0.15) is 239 Å². The number of aliphatic hydroxyl groups is 3. The molecule has 0 saturated heterocycles. The van der Waals surface area contributed by atoms with E-state index in [1.54, 1.807) is 6.08 Å². The highest BCUT2D eigenvalue weighted by atomic mass is 16.3. The van der Waals surface area contributed by atoms with Crippen molar-refractivity contribution < 1.29 is 20.1 Å². The monoisotopic (exact) mass is 772 g/mol. The molecule has 0 aromatic rings. The zero-order valence-corrected chi connectivity index (χ0v) is 36.6. The average Bonchev–Trinajstić information content (AvgIpc) is 3.18. The SMILES string of the molecule is CC/C=C\C/C=C\CCCCCCCCCCCCCCC(O)CC(=O)NC(CO)C(O)/C=C/CC/C=C/CCCCCCCCCCCCCCCCC. The van der Waals surface area contributed by atoms with Crippen LogP contribution in [0.4, 0.5) is 0 Å². The summed E-state index contributed by atoms with van der Waals surface area (Å²) in [6, 6.07) is -0.762. The molecule has 0 rings (SSSR count). The van der Waals surface area contributed by atoms with Gasteiger partial charge < -0.3 is 20.6 Å². The van der Waals surface area contributed by atoms with Crippen LogP contribution in [-0.2, 0) is 4.79 Å². The number of hydrogen-bond donors (Lipinski definition) is 4. The molecule has 5 heteroatoms. The van der Waals surface area contributed by atoms with Gasteiger partial charge in [0.1, 0.15) is 0 Å². The quantitative estimate of drug-likeness (QED) is 0.0367. The summed E-state index contributed by atoms with van der Waals surface area (Å²) in [7, 11) is 0. The molecule has 0 aliphatic carbocycles. The van der Waals surface area contributed by atoms with Crippen molar-refractivity contribution in [3.63, 3.8) is 0 Å². The summed E-state index contributed by atoms with van der Waals surface area (Å²) in [5.74, 6) is -0.326. The lowest BCUT2D eigenvalue weighted by Crippen LogP contribution is -2.45. The molecule has 3 atom stereocenters. The largest absolute Gasteiger partial charge is 0.394 e. The Hall–Kier alpha value is -1.69. The second kappa shape index (κ2) is 45.0. The highest BCUT2D eigenvalue weighted by Crippen LogP contribution is 2.16. The summed E-state index contributed by atoms with van der Waals surface area (Å²) < 4.78 is 0. The summed E-state index contributed by atoms with van der Waals surface area (Å²) in [6.45, 7) is 4.11. The van der Waals surface area contributed by atoms with Crippen molar-refractivity contribution in [2.75, 3.05) is 6.61 Å². The molecule has 4 N–H and O–H groups in total. The molecule has 0 heterocycles. The van der Waals surface area contributed by atoms with Crippen molar-refractivity contribution in [3.8, 4) is 0 Å². The van der Waals surface area contributed by atoms with Gasteiger partial charge in [0.25, 0.3) is 0 Å². The highest BCUT2D eigenvalue weighted by molar-refractivity contribution is 5.76. The summed E-state index contributed by atoms with van der Waals surface area (Å²) in [6.07, 6.45) is 58.4. The fourth-order valence-corrected chi connectivity index (χ4v) is 7.22. The number of hydrogen-bond acceptors (Lipinski definition) is 4. The summed E-state index contributed by atoms with van der Waals surface area (Å²) >= 11 is 0. The standard InChI is InChI=1S/C50H93NO4/c1-3-5-7-9-11-13-15-17-19-21-23-24-26-28-30-32-34-36-38-40-42-44-49(54)48(46-52)51-50(55)45-47(53)43-41-39-37-35-33-31-29-27-25-22-20-18-16-14-12-10-8-6-4-2/h6,8,12,14,34,36,42,44,47-49,52-54H,3-5,7,9-11,13,15-33,35,37-41,43,45-46H2,1-2H3,(H,51,55)/b8-6-,14-12-,36-34+,44-42+. The van der Waals surface area contributed by atoms with E-state index in [-0.39, 0.29) is 18.9 Å². The van der Waals surface area contributed by atoms with Crippen LogP contribution in [-0.4, -0.2) is 46.1 Å². The molecular weight excluding hydrogens is 679 g/mol. The third-order valence-electron chi connectivity index (χ3n) is 10.8. The van der Waals surface area contributed by atoms with Gasteiger partial charge in [-0.05, 0) is 57.8 Å². The molecule has 55 heavy (non-hydrogen) atoms. The molecule has 0 spiro atoms. The molecular formula is C50H93NO4. The Balaban J connectivity index is 3.67.